The number of nitrogens with one attached hydrogen (secondary N) is 2. The molecule has 1 saturated heterocycles. The summed E-state index contributed by atoms with van der Waals surface area (Å²) in [6.45, 7) is 8.02. The monoisotopic (exact) mass is 628 g/mol. The zero-order valence-corrected chi connectivity index (χ0v) is 25.9. The summed E-state index contributed by atoms with van der Waals surface area (Å²) in [5.41, 5.74) is 0.0518. The lowest BCUT2D eigenvalue weighted by atomic mass is 9.63. The van der Waals surface area contributed by atoms with E-state index >= 15 is 8.78 Å². The molecule has 1 aromatic heterocycles. The lowest BCUT2D eigenvalue weighted by Gasteiger charge is -2.40. The predicted octanol–water partition coefficient (Wildman–Crippen LogP) is 8.26. The van der Waals surface area contributed by atoms with Crippen LogP contribution < -0.4 is 10.6 Å². The minimum absolute atomic E-state index is 0.0284. The lowest BCUT2D eigenvalue weighted by Crippen LogP contribution is -2.44. The van der Waals surface area contributed by atoms with Crippen molar-refractivity contribution in [3.05, 3.63) is 99.2 Å². The van der Waals surface area contributed by atoms with Gasteiger partial charge in [0, 0.05) is 33.5 Å². The van der Waals surface area contributed by atoms with E-state index in [1.807, 2.05) is 6.92 Å². The Labute approximate surface area is 258 Å². The van der Waals surface area contributed by atoms with Crippen molar-refractivity contribution in [3.63, 3.8) is 0 Å². The van der Waals surface area contributed by atoms with E-state index in [2.05, 4.69) is 31.4 Å². The van der Waals surface area contributed by atoms with Crippen molar-refractivity contribution in [2.75, 3.05) is 12.4 Å². The lowest BCUT2D eigenvalue weighted by molar-refractivity contribution is -0.118. The zero-order valence-electron chi connectivity index (χ0n) is 24.4. The van der Waals surface area contributed by atoms with Crippen LogP contribution in [-0.4, -0.2) is 31.1 Å². The van der Waals surface area contributed by atoms with Gasteiger partial charge in [-0.25, -0.2) is 13.6 Å². The molecule has 3 aromatic carbocycles. The quantitative estimate of drug-likeness (QED) is 0.210. The first-order valence-corrected chi connectivity index (χ1v) is 14.6. The molecule has 226 valence electrons. The number of methoxy groups -OCH3 is 1. The van der Waals surface area contributed by atoms with Crippen LogP contribution in [0.2, 0.25) is 10.0 Å². The van der Waals surface area contributed by atoms with E-state index in [0.29, 0.717) is 28.6 Å². The Hall–Kier alpha value is -3.46. The first-order chi connectivity index (χ1) is 20.2. The van der Waals surface area contributed by atoms with Crippen LogP contribution in [0.1, 0.15) is 61.7 Å². The number of carbonyl (C=O) groups is 2. The summed E-state index contributed by atoms with van der Waals surface area (Å²) < 4.78 is 41.8. The standard InChI is InChI=1S/C33H32Cl2F2N2O4/c1-32(2,3)16-26-33(4,21-11-9-18(34)15-23(21)36)27(20-7-6-8-22(35)28(20)37)29(39-26)30(40)38-19-10-12-24-17(13-19)14-25(43-24)31(41)42-5/h6-15,26-27,29,39H,16H2,1-5H3,(H,38,40). The van der Waals surface area contributed by atoms with E-state index in [9.17, 15) is 9.59 Å². The van der Waals surface area contributed by atoms with Gasteiger partial charge in [-0.05, 0) is 65.4 Å². The van der Waals surface area contributed by atoms with Crippen molar-refractivity contribution in [1.29, 1.82) is 0 Å². The number of rotatable bonds is 6. The van der Waals surface area contributed by atoms with Gasteiger partial charge in [-0.1, -0.05) is 69.1 Å². The number of benzene rings is 3. The third-order valence-corrected chi connectivity index (χ3v) is 8.71. The molecule has 4 atom stereocenters. The number of furan rings is 1. The van der Waals surface area contributed by atoms with Crippen molar-refractivity contribution in [2.24, 2.45) is 5.41 Å². The molecule has 1 aliphatic rings. The first kappa shape index (κ1) is 31.0. The highest BCUT2D eigenvalue weighted by Gasteiger charge is 2.57. The molecular weight excluding hydrogens is 597 g/mol. The number of hydrogen-bond donors (Lipinski definition) is 2. The van der Waals surface area contributed by atoms with Crippen LogP contribution in [-0.2, 0) is 14.9 Å². The second-order valence-electron chi connectivity index (χ2n) is 12.3. The predicted molar refractivity (Wildman–Crippen MR) is 164 cm³/mol. The summed E-state index contributed by atoms with van der Waals surface area (Å²) in [5, 5.41) is 7.10. The molecule has 6 nitrogen and oxygen atoms in total. The van der Waals surface area contributed by atoms with Gasteiger partial charge in [0.2, 0.25) is 11.7 Å². The van der Waals surface area contributed by atoms with Gasteiger partial charge in [0.15, 0.2) is 0 Å². The third-order valence-electron chi connectivity index (χ3n) is 8.18. The van der Waals surface area contributed by atoms with Crippen LogP contribution >= 0.6 is 23.2 Å². The molecule has 4 unspecified atom stereocenters. The minimum Gasteiger partial charge on any atom is -0.463 e. The van der Waals surface area contributed by atoms with E-state index in [1.165, 1.54) is 25.3 Å². The number of ether oxygens (including phenoxy) is 1. The number of hydrogen-bond acceptors (Lipinski definition) is 5. The number of carbonyl (C=O) groups excluding carboxylic acids is 2. The number of halogens is 4. The zero-order chi connectivity index (χ0) is 31.3. The molecule has 1 fully saturated rings. The van der Waals surface area contributed by atoms with E-state index in [0.717, 1.165) is 0 Å². The topological polar surface area (TPSA) is 80.6 Å². The average molecular weight is 630 g/mol. The second kappa shape index (κ2) is 11.6. The summed E-state index contributed by atoms with van der Waals surface area (Å²) in [7, 11) is 1.26. The molecule has 2 N–H and O–H groups in total. The maximum Gasteiger partial charge on any atom is 0.373 e. The van der Waals surface area contributed by atoms with Gasteiger partial charge in [0.1, 0.15) is 17.2 Å². The van der Waals surface area contributed by atoms with E-state index in [-0.39, 0.29) is 26.8 Å². The minimum atomic E-state index is -1.10. The van der Waals surface area contributed by atoms with Gasteiger partial charge in [-0.15, -0.1) is 0 Å². The average Bonchev–Trinajstić information content (AvgIpc) is 3.48. The summed E-state index contributed by atoms with van der Waals surface area (Å²) >= 11 is 12.4. The molecule has 2 heterocycles. The van der Waals surface area contributed by atoms with Crippen molar-refractivity contribution < 1.29 is 27.5 Å². The molecule has 0 aliphatic carbocycles. The Balaban J connectivity index is 1.62. The Morgan fingerprint density at radius 3 is 2.49 bits per heavy atom. The molecule has 0 radical (unpaired) electrons. The molecule has 1 aliphatic heterocycles. The Kier molecular flexibility index (Phi) is 8.33. The van der Waals surface area contributed by atoms with Crippen LogP contribution in [0.25, 0.3) is 11.0 Å². The maximum atomic E-state index is 15.8. The highest BCUT2D eigenvalue weighted by Crippen LogP contribution is 2.53. The fourth-order valence-electron chi connectivity index (χ4n) is 6.25. The maximum absolute atomic E-state index is 15.8. The fraction of sp³-hybridized carbons (Fsp3) is 0.333. The van der Waals surface area contributed by atoms with E-state index < -0.39 is 46.9 Å². The van der Waals surface area contributed by atoms with Gasteiger partial charge in [-0.3, -0.25) is 4.79 Å². The smallest absolute Gasteiger partial charge is 0.373 e. The van der Waals surface area contributed by atoms with Crippen LogP contribution in [0.15, 0.2) is 65.1 Å². The van der Waals surface area contributed by atoms with Crippen LogP contribution in [0.3, 0.4) is 0 Å². The van der Waals surface area contributed by atoms with Crippen molar-refractivity contribution in [2.45, 2.75) is 57.5 Å². The molecule has 10 heteroatoms. The van der Waals surface area contributed by atoms with Crippen molar-refractivity contribution in [3.8, 4) is 0 Å². The Bertz CT molecular complexity index is 1720. The Morgan fingerprint density at radius 1 is 1.07 bits per heavy atom. The number of amides is 1. The van der Waals surface area contributed by atoms with Gasteiger partial charge in [-0.2, -0.15) is 0 Å². The number of anilines is 1. The molecular formula is C33H32Cl2F2N2O4. The van der Waals surface area contributed by atoms with E-state index in [1.54, 1.807) is 42.5 Å². The highest BCUT2D eigenvalue weighted by molar-refractivity contribution is 6.31. The summed E-state index contributed by atoms with van der Waals surface area (Å²) in [6.07, 6.45) is 0.547. The van der Waals surface area contributed by atoms with Crippen LogP contribution in [0, 0.1) is 17.0 Å². The van der Waals surface area contributed by atoms with Crippen molar-refractivity contribution >= 4 is 51.7 Å². The third kappa shape index (κ3) is 5.88. The molecule has 0 spiro atoms. The molecule has 43 heavy (non-hydrogen) atoms. The molecule has 0 saturated carbocycles. The van der Waals surface area contributed by atoms with Crippen LogP contribution in [0.4, 0.5) is 14.5 Å². The largest absolute Gasteiger partial charge is 0.463 e. The fourth-order valence-corrected chi connectivity index (χ4v) is 6.59. The van der Waals surface area contributed by atoms with E-state index in [4.69, 9.17) is 32.4 Å². The first-order valence-electron chi connectivity index (χ1n) is 13.8. The SMILES string of the molecule is COC(=O)c1cc2cc(NC(=O)C3NC(CC(C)(C)C)C(C)(c4ccc(Cl)cc4F)C3c3cccc(Cl)c3F)ccc2o1. The number of fused-ring (bicyclic) bond motifs is 1. The normalized spacial score (nSPS) is 22.1. The Morgan fingerprint density at radius 2 is 1.81 bits per heavy atom. The highest BCUT2D eigenvalue weighted by atomic mass is 35.5. The summed E-state index contributed by atoms with van der Waals surface area (Å²) in [4.78, 5) is 26.0. The van der Waals surface area contributed by atoms with Gasteiger partial charge in [0.05, 0.1) is 18.2 Å². The van der Waals surface area contributed by atoms with Crippen LogP contribution in [0.5, 0.6) is 0 Å². The summed E-state index contributed by atoms with van der Waals surface area (Å²) in [5.74, 6) is -3.12. The van der Waals surface area contributed by atoms with Gasteiger partial charge >= 0.3 is 5.97 Å². The van der Waals surface area contributed by atoms with Gasteiger partial charge in [0.25, 0.3) is 0 Å². The summed E-state index contributed by atoms with van der Waals surface area (Å²) in [6, 6.07) is 14.1. The molecule has 5 rings (SSSR count). The second-order valence-corrected chi connectivity index (χ2v) is 13.2. The molecule has 1 amide bonds. The van der Waals surface area contributed by atoms with Crippen molar-refractivity contribution in [1.82, 2.24) is 5.32 Å². The molecule has 4 aromatic rings. The molecule has 0 bridgehead atoms. The van der Waals surface area contributed by atoms with Gasteiger partial charge < -0.3 is 19.8 Å². The number of esters is 1.